The summed E-state index contributed by atoms with van der Waals surface area (Å²) in [6, 6.07) is 7.30. The van der Waals surface area contributed by atoms with Crippen LogP contribution in [-0.4, -0.2) is 16.6 Å². The Morgan fingerprint density at radius 3 is 3.00 bits per heavy atom. The van der Waals surface area contributed by atoms with Crippen molar-refractivity contribution in [2.45, 2.75) is 6.92 Å². The molecule has 1 heterocycles. The third kappa shape index (κ3) is 1.35. The van der Waals surface area contributed by atoms with E-state index in [0.717, 1.165) is 10.2 Å². The smallest absolute Gasteiger partial charge is 0.310 e. The zero-order chi connectivity index (χ0) is 9.97. The van der Waals surface area contributed by atoms with Gasteiger partial charge in [-0.15, -0.1) is 5.10 Å². The van der Waals surface area contributed by atoms with E-state index in [1.807, 2.05) is 25.1 Å². The van der Waals surface area contributed by atoms with Gasteiger partial charge in [0.2, 0.25) is 0 Å². The summed E-state index contributed by atoms with van der Waals surface area (Å²) in [6.45, 7) is 2.23. The lowest BCUT2D eigenvalue weighted by Gasteiger charge is -2.04. The van der Waals surface area contributed by atoms with Gasteiger partial charge in [-0.1, -0.05) is 23.0 Å². The van der Waals surface area contributed by atoms with Crippen LogP contribution in [0.15, 0.2) is 35.3 Å². The maximum Gasteiger partial charge on any atom is 0.310 e. The summed E-state index contributed by atoms with van der Waals surface area (Å²) < 4.78 is 0. The standard InChI is InChI=1S/C10H10N2O2/c1-2-14-12-10(13)9-6-4-3-5-8(9)7-11-12/h3-7H,2H2,1H3. The molecule has 4 heteroatoms. The van der Waals surface area contributed by atoms with Crippen molar-refractivity contribution < 1.29 is 4.84 Å². The van der Waals surface area contributed by atoms with Gasteiger partial charge in [0.15, 0.2) is 0 Å². The zero-order valence-corrected chi connectivity index (χ0v) is 7.80. The molecular formula is C10H10N2O2. The number of hydrogen-bond donors (Lipinski definition) is 0. The van der Waals surface area contributed by atoms with Crippen molar-refractivity contribution in [3.05, 3.63) is 40.8 Å². The van der Waals surface area contributed by atoms with Gasteiger partial charge in [-0.25, -0.2) is 0 Å². The van der Waals surface area contributed by atoms with E-state index in [0.29, 0.717) is 12.0 Å². The Morgan fingerprint density at radius 2 is 2.21 bits per heavy atom. The van der Waals surface area contributed by atoms with Crippen LogP contribution in [0.5, 0.6) is 0 Å². The van der Waals surface area contributed by atoms with Gasteiger partial charge in [-0.3, -0.25) is 4.79 Å². The second kappa shape index (κ2) is 3.49. The molecule has 0 aliphatic carbocycles. The van der Waals surface area contributed by atoms with Crippen LogP contribution in [0.1, 0.15) is 6.92 Å². The highest BCUT2D eigenvalue weighted by Gasteiger charge is 2.02. The largest absolute Gasteiger partial charge is 0.394 e. The molecule has 0 aliphatic heterocycles. The fourth-order valence-electron chi connectivity index (χ4n) is 1.29. The molecule has 0 bridgehead atoms. The molecule has 0 saturated carbocycles. The normalized spacial score (nSPS) is 10.4. The minimum absolute atomic E-state index is 0.218. The molecule has 0 amide bonds. The van der Waals surface area contributed by atoms with Crippen LogP contribution in [-0.2, 0) is 0 Å². The van der Waals surface area contributed by atoms with E-state index < -0.39 is 0 Å². The van der Waals surface area contributed by atoms with Gasteiger partial charge in [0, 0.05) is 5.39 Å². The van der Waals surface area contributed by atoms with Gasteiger partial charge in [0.1, 0.15) is 6.61 Å². The molecule has 2 aromatic rings. The van der Waals surface area contributed by atoms with Gasteiger partial charge in [0.25, 0.3) is 0 Å². The predicted molar refractivity (Wildman–Crippen MR) is 53.1 cm³/mol. The Hall–Kier alpha value is -1.84. The number of aromatic nitrogens is 2. The van der Waals surface area contributed by atoms with E-state index in [4.69, 9.17) is 4.84 Å². The molecule has 14 heavy (non-hydrogen) atoms. The first-order valence-electron chi connectivity index (χ1n) is 4.43. The van der Waals surface area contributed by atoms with Crippen molar-refractivity contribution in [3.8, 4) is 0 Å². The highest BCUT2D eigenvalue weighted by molar-refractivity contribution is 5.80. The molecule has 0 unspecified atom stereocenters. The van der Waals surface area contributed by atoms with Crippen LogP contribution in [0.3, 0.4) is 0 Å². The van der Waals surface area contributed by atoms with Gasteiger partial charge < -0.3 is 4.84 Å². The van der Waals surface area contributed by atoms with Gasteiger partial charge in [0.05, 0.1) is 11.6 Å². The number of rotatable bonds is 2. The predicted octanol–water partition coefficient (Wildman–Crippen LogP) is 0.845. The Kier molecular flexibility index (Phi) is 2.18. The molecule has 0 atom stereocenters. The summed E-state index contributed by atoms with van der Waals surface area (Å²) in [6.07, 6.45) is 1.62. The first-order valence-corrected chi connectivity index (χ1v) is 4.43. The summed E-state index contributed by atoms with van der Waals surface area (Å²) >= 11 is 0. The average molecular weight is 190 g/mol. The highest BCUT2D eigenvalue weighted by atomic mass is 16.7. The van der Waals surface area contributed by atoms with Gasteiger partial charge in [-0.2, -0.15) is 0 Å². The zero-order valence-electron chi connectivity index (χ0n) is 7.80. The molecule has 0 fully saturated rings. The molecule has 0 saturated heterocycles. The molecular weight excluding hydrogens is 180 g/mol. The van der Waals surface area contributed by atoms with Crippen LogP contribution in [0.25, 0.3) is 10.8 Å². The monoisotopic (exact) mass is 190 g/mol. The number of hydrogen-bond acceptors (Lipinski definition) is 3. The quantitative estimate of drug-likeness (QED) is 0.705. The molecule has 0 spiro atoms. The maximum atomic E-state index is 11.7. The summed E-state index contributed by atoms with van der Waals surface area (Å²) in [7, 11) is 0. The fourth-order valence-corrected chi connectivity index (χ4v) is 1.29. The van der Waals surface area contributed by atoms with Crippen molar-refractivity contribution in [1.29, 1.82) is 0 Å². The summed E-state index contributed by atoms with van der Waals surface area (Å²) in [5.74, 6) is 0. The van der Waals surface area contributed by atoms with E-state index in [2.05, 4.69) is 5.10 Å². The Morgan fingerprint density at radius 1 is 1.43 bits per heavy atom. The molecule has 2 rings (SSSR count). The minimum atomic E-state index is -0.218. The lowest BCUT2D eigenvalue weighted by Crippen LogP contribution is -2.29. The van der Waals surface area contributed by atoms with Crippen LogP contribution in [0.2, 0.25) is 0 Å². The Bertz CT molecular complexity index is 505. The highest BCUT2D eigenvalue weighted by Crippen LogP contribution is 2.05. The average Bonchev–Trinajstić information content (AvgIpc) is 2.23. The van der Waals surface area contributed by atoms with Crippen LogP contribution in [0, 0.1) is 0 Å². The van der Waals surface area contributed by atoms with E-state index in [1.54, 1.807) is 12.3 Å². The summed E-state index contributed by atoms with van der Waals surface area (Å²) in [4.78, 5) is 17.7. The summed E-state index contributed by atoms with van der Waals surface area (Å²) in [5.41, 5.74) is -0.218. The third-order valence-electron chi connectivity index (χ3n) is 1.92. The van der Waals surface area contributed by atoms with Crippen molar-refractivity contribution in [2.75, 3.05) is 6.61 Å². The van der Waals surface area contributed by atoms with Crippen LogP contribution < -0.4 is 10.4 Å². The second-order valence-electron chi connectivity index (χ2n) is 2.83. The first kappa shape index (κ1) is 8.74. The fraction of sp³-hybridized carbons (Fsp3) is 0.200. The van der Waals surface area contributed by atoms with Gasteiger partial charge in [-0.05, 0) is 13.0 Å². The molecule has 72 valence electrons. The molecule has 4 nitrogen and oxygen atoms in total. The van der Waals surface area contributed by atoms with E-state index in [-0.39, 0.29) is 5.56 Å². The van der Waals surface area contributed by atoms with E-state index in [1.165, 1.54) is 0 Å². The minimum Gasteiger partial charge on any atom is -0.394 e. The molecule has 1 aromatic heterocycles. The molecule has 1 aromatic carbocycles. The topological polar surface area (TPSA) is 44.1 Å². The third-order valence-corrected chi connectivity index (χ3v) is 1.92. The van der Waals surface area contributed by atoms with Crippen LogP contribution >= 0.6 is 0 Å². The van der Waals surface area contributed by atoms with Gasteiger partial charge >= 0.3 is 5.56 Å². The van der Waals surface area contributed by atoms with Crippen molar-refractivity contribution in [3.63, 3.8) is 0 Å². The van der Waals surface area contributed by atoms with Crippen molar-refractivity contribution >= 4 is 10.8 Å². The first-order chi connectivity index (χ1) is 6.83. The Labute approximate surface area is 80.7 Å². The molecule has 0 N–H and O–H groups in total. The maximum absolute atomic E-state index is 11.7. The number of benzene rings is 1. The SMILES string of the molecule is CCOn1ncc2ccccc2c1=O. The number of fused-ring (bicyclic) bond motifs is 1. The lowest BCUT2D eigenvalue weighted by molar-refractivity contribution is 0.0829. The van der Waals surface area contributed by atoms with Crippen molar-refractivity contribution in [2.24, 2.45) is 0 Å². The summed E-state index contributed by atoms with van der Waals surface area (Å²) in [5, 5.41) is 5.33. The lowest BCUT2D eigenvalue weighted by atomic mass is 10.2. The molecule has 0 aliphatic rings. The van der Waals surface area contributed by atoms with Crippen LogP contribution in [0.4, 0.5) is 0 Å². The Balaban J connectivity index is 2.69. The number of nitrogens with zero attached hydrogens (tertiary/aromatic N) is 2. The second-order valence-corrected chi connectivity index (χ2v) is 2.83. The van der Waals surface area contributed by atoms with E-state index >= 15 is 0 Å². The molecule has 0 radical (unpaired) electrons. The van der Waals surface area contributed by atoms with E-state index in [9.17, 15) is 4.79 Å². The van der Waals surface area contributed by atoms with Crippen molar-refractivity contribution in [1.82, 2.24) is 9.94 Å².